The van der Waals surface area contributed by atoms with E-state index in [0.717, 1.165) is 12.8 Å². The third-order valence-electron chi connectivity index (χ3n) is 8.13. The molecule has 308 valence electrons. The van der Waals surface area contributed by atoms with Gasteiger partial charge in [0.1, 0.15) is 5.75 Å². The number of hydrogen-bond acceptors (Lipinski definition) is 3. The number of hydrogen-bond donors (Lipinski definition) is 1. The molecule has 0 spiro atoms. The maximum atomic E-state index is 14.1. The number of aliphatic hydroxyl groups is 1. The first-order chi connectivity index (χ1) is 23.9. The molecule has 0 radical (unpaired) electrons. The van der Waals surface area contributed by atoms with Crippen LogP contribution < -0.4 is 4.74 Å². The molecule has 0 aliphatic rings. The van der Waals surface area contributed by atoms with Gasteiger partial charge in [0, 0.05) is 13.0 Å². The van der Waals surface area contributed by atoms with Crippen LogP contribution in [0.25, 0.3) is 0 Å². The first-order valence-corrected chi connectivity index (χ1v) is 15.8. The predicted octanol–water partition coefficient (Wildman–Crippen LogP) is 11.6. The summed E-state index contributed by atoms with van der Waals surface area (Å²) in [6.07, 6.45) is -2.42. The van der Waals surface area contributed by atoms with Gasteiger partial charge in [-0.25, -0.2) is 0 Å². The fraction of sp³-hybridized carbons (Fsp3) is 0.697. The summed E-state index contributed by atoms with van der Waals surface area (Å²) in [5.74, 6) is -56.1. The van der Waals surface area contributed by atoms with Crippen molar-refractivity contribution >= 4 is 0 Å². The van der Waals surface area contributed by atoms with Crippen LogP contribution in [0.15, 0.2) is 48.6 Å². The molecule has 0 unspecified atom stereocenters. The lowest BCUT2D eigenvalue weighted by molar-refractivity contribution is -0.461. The lowest BCUT2D eigenvalue weighted by atomic mass is 9.88. The van der Waals surface area contributed by atoms with Gasteiger partial charge in [0.15, 0.2) is 0 Å². The van der Waals surface area contributed by atoms with Gasteiger partial charge in [-0.15, -0.1) is 0 Å². The van der Waals surface area contributed by atoms with Crippen molar-refractivity contribution in [3.63, 3.8) is 0 Å². The fourth-order valence-electron chi connectivity index (χ4n) is 4.26. The van der Waals surface area contributed by atoms with E-state index in [-0.39, 0.29) is 42.8 Å². The zero-order valence-corrected chi connectivity index (χ0v) is 28.6. The van der Waals surface area contributed by atoms with Crippen LogP contribution in [-0.4, -0.2) is 72.1 Å². The minimum Gasteiger partial charge on any atom is -0.494 e. The average Bonchev–Trinajstić information content (AvgIpc) is 3.04. The maximum absolute atomic E-state index is 14.1. The minimum absolute atomic E-state index is 0.00329. The molecule has 0 saturated heterocycles. The molecular weight excluding hydrogens is 767 g/mol. The molecule has 0 saturated carbocycles. The van der Waals surface area contributed by atoms with E-state index >= 15 is 0 Å². The third-order valence-corrected chi connectivity index (χ3v) is 8.13. The zero-order valence-electron chi connectivity index (χ0n) is 28.6. The molecule has 0 aromatic heterocycles. The lowest BCUT2D eigenvalue weighted by Crippen LogP contribution is -2.74. The van der Waals surface area contributed by atoms with Crippen LogP contribution in [0.5, 0.6) is 5.75 Å². The Morgan fingerprint density at radius 3 is 1.58 bits per heavy atom. The number of rotatable bonds is 22. The van der Waals surface area contributed by atoms with Gasteiger partial charge in [-0.2, -0.15) is 74.6 Å². The summed E-state index contributed by atoms with van der Waals surface area (Å²) < 4.78 is 239. The van der Waals surface area contributed by atoms with Crippen LogP contribution in [-0.2, 0) is 11.3 Å². The number of ether oxygens (including phenoxy) is 2. The highest BCUT2D eigenvalue weighted by Crippen LogP contribution is 2.64. The number of alkyl halides is 17. The van der Waals surface area contributed by atoms with E-state index in [1.807, 2.05) is 45.9 Å². The topological polar surface area (TPSA) is 38.7 Å². The Bertz CT molecular complexity index is 1320. The van der Waals surface area contributed by atoms with Gasteiger partial charge >= 0.3 is 47.6 Å². The second-order valence-corrected chi connectivity index (χ2v) is 12.7. The van der Waals surface area contributed by atoms with E-state index < -0.39 is 67.1 Å². The van der Waals surface area contributed by atoms with E-state index in [1.165, 1.54) is 24.3 Å². The van der Waals surface area contributed by atoms with Gasteiger partial charge in [0.2, 0.25) is 0 Å². The molecule has 1 rings (SSSR count). The molecule has 4 atom stereocenters. The number of allylic oxidation sites excluding steroid dienone is 3. The van der Waals surface area contributed by atoms with E-state index in [0.29, 0.717) is 5.56 Å². The van der Waals surface area contributed by atoms with Crippen LogP contribution >= 0.6 is 0 Å². The molecule has 1 N–H and O–H groups in total. The molecular formula is C33H39F17O3. The highest BCUT2D eigenvalue weighted by molar-refractivity contribution is 5.27. The Morgan fingerprint density at radius 1 is 0.623 bits per heavy atom. The van der Waals surface area contributed by atoms with Gasteiger partial charge in [0.25, 0.3) is 0 Å². The summed E-state index contributed by atoms with van der Waals surface area (Å²) in [5.41, 5.74) is 0.570. The molecule has 0 heterocycles. The van der Waals surface area contributed by atoms with Gasteiger partial charge in [-0.3, -0.25) is 0 Å². The SMILES string of the molecule is C[C@@H](CO)C/C=C/[C@@H](C)C/C=C/[C@@H](C)[C@@H](C)OCc1ccc(OCCCC(F)(F)C(F)(F)C(F)(F)C(F)(F)C(F)(F)C(F)(F)C(F)(F)C(F)(F)F)cc1. The Balaban J connectivity index is 2.79. The summed E-state index contributed by atoms with van der Waals surface area (Å²) in [6, 6.07) is 5.34. The van der Waals surface area contributed by atoms with Gasteiger partial charge in [0.05, 0.1) is 19.3 Å². The summed E-state index contributed by atoms with van der Waals surface area (Å²) in [5, 5.41) is 9.06. The Hall–Kier alpha value is -2.77. The molecule has 1 aromatic rings. The molecule has 0 aliphatic heterocycles. The Kier molecular flexibility index (Phi) is 16.2. The second kappa shape index (κ2) is 17.8. The van der Waals surface area contributed by atoms with Crippen LogP contribution in [0.1, 0.15) is 58.9 Å². The van der Waals surface area contributed by atoms with Crippen LogP contribution in [0.2, 0.25) is 0 Å². The zero-order chi connectivity index (χ0) is 41.5. The Morgan fingerprint density at radius 2 is 1.09 bits per heavy atom. The van der Waals surface area contributed by atoms with Gasteiger partial charge in [-0.1, -0.05) is 57.2 Å². The van der Waals surface area contributed by atoms with Crippen molar-refractivity contribution in [2.24, 2.45) is 17.8 Å². The smallest absolute Gasteiger partial charge is 0.460 e. The van der Waals surface area contributed by atoms with E-state index in [9.17, 15) is 74.6 Å². The number of aliphatic hydroxyl groups excluding tert-OH is 1. The Labute approximate surface area is 294 Å². The highest BCUT2D eigenvalue weighted by Gasteiger charge is 2.95. The van der Waals surface area contributed by atoms with Gasteiger partial charge in [-0.05, 0) is 61.6 Å². The standard InChI is InChI=1S/C33H39F17O3/c1-20(8-5-10-21(2)18-51)9-6-11-22(3)23(4)53-19-24-12-14-25(15-13-24)52-17-7-16-26(34,35)27(36,37)28(38,39)29(40,41)30(42,43)31(44,45)32(46,47)33(48,49)50/h5-6,8,11-15,20-23,51H,7,9-10,16-19H2,1-4H3/b8-5+,11-6+/t20-,21-,22-,23-/m1/s1. The molecule has 1 aromatic carbocycles. The number of benzene rings is 1. The van der Waals surface area contributed by atoms with Crippen LogP contribution in [0.4, 0.5) is 74.6 Å². The van der Waals surface area contributed by atoms with E-state index in [4.69, 9.17) is 14.6 Å². The minimum atomic E-state index is -8.65. The third kappa shape index (κ3) is 10.7. The molecule has 20 heteroatoms. The maximum Gasteiger partial charge on any atom is 0.460 e. The van der Waals surface area contributed by atoms with E-state index in [1.54, 1.807) is 0 Å². The first kappa shape index (κ1) is 48.2. The van der Waals surface area contributed by atoms with Crippen LogP contribution in [0, 0.1) is 17.8 Å². The fourth-order valence-corrected chi connectivity index (χ4v) is 4.26. The summed E-state index contributed by atoms with van der Waals surface area (Å²) >= 11 is 0. The van der Waals surface area contributed by atoms with Gasteiger partial charge < -0.3 is 14.6 Å². The van der Waals surface area contributed by atoms with Crippen molar-refractivity contribution in [1.29, 1.82) is 0 Å². The predicted molar refractivity (Wildman–Crippen MR) is 158 cm³/mol. The monoisotopic (exact) mass is 806 g/mol. The van der Waals surface area contributed by atoms with Crippen molar-refractivity contribution in [3.05, 3.63) is 54.1 Å². The molecule has 0 fully saturated rings. The lowest BCUT2D eigenvalue weighted by Gasteiger charge is -2.42. The average molecular weight is 807 g/mol. The van der Waals surface area contributed by atoms with Crippen molar-refractivity contribution in [3.8, 4) is 5.75 Å². The summed E-state index contributed by atoms with van der Waals surface area (Å²) in [4.78, 5) is 0. The second-order valence-electron chi connectivity index (χ2n) is 12.7. The van der Waals surface area contributed by atoms with Crippen LogP contribution in [0.3, 0.4) is 0 Å². The molecule has 3 nitrogen and oxygen atoms in total. The quantitative estimate of drug-likeness (QED) is 0.0721. The molecule has 0 bridgehead atoms. The van der Waals surface area contributed by atoms with Crippen molar-refractivity contribution in [2.45, 2.75) is 114 Å². The largest absolute Gasteiger partial charge is 0.494 e. The molecule has 53 heavy (non-hydrogen) atoms. The van der Waals surface area contributed by atoms with Crippen molar-refractivity contribution in [2.75, 3.05) is 13.2 Å². The number of halogens is 17. The molecule has 0 amide bonds. The normalized spacial score (nSPS) is 17.0. The highest BCUT2D eigenvalue weighted by atomic mass is 19.4. The summed E-state index contributed by atoms with van der Waals surface area (Å²) in [7, 11) is 0. The van der Waals surface area contributed by atoms with E-state index in [2.05, 4.69) is 6.08 Å². The van der Waals surface area contributed by atoms with Crippen molar-refractivity contribution in [1.82, 2.24) is 0 Å². The summed E-state index contributed by atoms with van der Waals surface area (Å²) in [6.45, 7) is 6.86. The van der Waals surface area contributed by atoms with Crippen molar-refractivity contribution < 1.29 is 89.2 Å². The first-order valence-electron chi connectivity index (χ1n) is 15.8. The molecule has 0 aliphatic carbocycles.